The molecule has 6 rings (SSSR count). The fraction of sp³-hybridized carbons (Fsp3) is 0.143. The molecule has 4 aromatic rings. The molecule has 4 heterocycles. The van der Waals surface area contributed by atoms with Gasteiger partial charge in [0.05, 0.1) is 17.0 Å². The molecular weight excluding hydrogens is 507 g/mol. The standard InChI is InChI=1S/C28H21FN4O2S2/c29-21-10-8-18(9-11-21)16-33-27(35)23(37-28(33)36)15-22-25(30-24-7-3-4-13-32(24)26(22)34)31-14-12-19-5-1-2-6-20(19)17-31/h1-11,13,15H,12,14,16-17H2/b23-15+. The number of aromatic nitrogens is 2. The van der Waals surface area contributed by atoms with E-state index in [0.717, 1.165) is 23.7 Å². The highest BCUT2D eigenvalue weighted by atomic mass is 32.2. The molecule has 1 fully saturated rings. The van der Waals surface area contributed by atoms with E-state index in [0.29, 0.717) is 39.3 Å². The molecule has 0 saturated carbocycles. The molecule has 0 spiro atoms. The first-order valence-corrected chi connectivity index (χ1v) is 13.0. The van der Waals surface area contributed by atoms with E-state index >= 15 is 0 Å². The third kappa shape index (κ3) is 4.45. The van der Waals surface area contributed by atoms with Crippen LogP contribution in [0.3, 0.4) is 0 Å². The van der Waals surface area contributed by atoms with Gasteiger partial charge in [0, 0.05) is 19.3 Å². The molecule has 2 aliphatic rings. The molecule has 0 N–H and O–H groups in total. The van der Waals surface area contributed by atoms with E-state index in [1.807, 2.05) is 18.2 Å². The normalized spacial score (nSPS) is 16.6. The van der Waals surface area contributed by atoms with Crippen molar-refractivity contribution >= 4 is 51.7 Å². The van der Waals surface area contributed by atoms with Crippen molar-refractivity contribution in [3.63, 3.8) is 0 Å². The maximum absolute atomic E-state index is 13.7. The van der Waals surface area contributed by atoms with E-state index in [4.69, 9.17) is 17.2 Å². The topological polar surface area (TPSA) is 57.9 Å². The second kappa shape index (κ2) is 9.57. The second-order valence-electron chi connectivity index (χ2n) is 8.92. The summed E-state index contributed by atoms with van der Waals surface area (Å²) in [6, 6.07) is 19.7. The Morgan fingerprint density at radius 2 is 1.76 bits per heavy atom. The van der Waals surface area contributed by atoms with E-state index in [1.54, 1.807) is 36.5 Å². The van der Waals surface area contributed by atoms with Crippen LogP contribution in [-0.4, -0.2) is 31.1 Å². The molecule has 184 valence electrons. The van der Waals surface area contributed by atoms with Crippen molar-refractivity contribution in [2.24, 2.45) is 0 Å². The number of halogens is 1. The number of thiocarbonyl (C=S) groups is 1. The molecule has 1 amide bonds. The Morgan fingerprint density at radius 3 is 2.57 bits per heavy atom. The molecule has 1 saturated heterocycles. The number of nitrogens with zero attached hydrogens (tertiary/aromatic N) is 4. The minimum atomic E-state index is -0.342. The van der Waals surface area contributed by atoms with Crippen LogP contribution in [0.15, 0.2) is 82.6 Å². The summed E-state index contributed by atoms with van der Waals surface area (Å²) in [6.45, 7) is 1.56. The summed E-state index contributed by atoms with van der Waals surface area (Å²) < 4.78 is 15.2. The number of carbonyl (C=O) groups is 1. The average Bonchev–Trinajstić information content (AvgIpc) is 3.18. The van der Waals surface area contributed by atoms with Gasteiger partial charge < -0.3 is 4.90 Å². The summed E-state index contributed by atoms with van der Waals surface area (Å²) in [5, 5.41) is 0. The van der Waals surface area contributed by atoms with E-state index < -0.39 is 0 Å². The van der Waals surface area contributed by atoms with E-state index in [1.165, 1.54) is 32.6 Å². The number of fused-ring (bicyclic) bond motifs is 2. The third-order valence-corrected chi connectivity index (χ3v) is 7.96. The van der Waals surface area contributed by atoms with Gasteiger partial charge in [0.2, 0.25) is 0 Å². The average molecular weight is 529 g/mol. The highest BCUT2D eigenvalue weighted by Crippen LogP contribution is 2.35. The van der Waals surface area contributed by atoms with Gasteiger partial charge in [0.15, 0.2) is 0 Å². The molecular formula is C28H21FN4O2S2. The first-order chi connectivity index (χ1) is 18.0. The van der Waals surface area contributed by atoms with Crippen LogP contribution in [0.5, 0.6) is 0 Å². The lowest BCUT2D eigenvalue weighted by molar-refractivity contribution is -0.122. The number of thioether (sulfide) groups is 1. The van der Waals surface area contributed by atoms with Crippen molar-refractivity contribution in [2.45, 2.75) is 19.5 Å². The van der Waals surface area contributed by atoms with Crippen molar-refractivity contribution in [3.05, 3.63) is 116 Å². The van der Waals surface area contributed by atoms with Crippen LogP contribution in [0.4, 0.5) is 10.2 Å². The van der Waals surface area contributed by atoms with Gasteiger partial charge in [-0.3, -0.25) is 18.9 Å². The summed E-state index contributed by atoms with van der Waals surface area (Å²) >= 11 is 6.65. The highest BCUT2D eigenvalue weighted by Gasteiger charge is 2.33. The molecule has 0 unspecified atom stereocenters. The Labute approximate surface area is 222 Å². The Balaban J connectivity index is 1.40. The first-order valence-electron chi connectivity index (χ1n) is 11.8. The summed E-state index contributed by atoms with van der Waals surface area (Å²) in [4.78, 5) is 35.8. The number of pyridine rings is 1. The predicted octanol–water partition coefficient (Wildman–Crippen LogP) is 4.80. The third-order valence-electron chi connectivity index (χ3n) is 6.58. The van der Waals surface area contributed by atoms with Gasteiger partial charge in [0.1, 0.15) is 21.6 Å². The van der Waals surface area contributed by atoms with Crippen LogP contribution in [0, 0.1) is 5.82 Å². The SMILES string of the molecule is O=C1/C(=C\c2c(N3CCc4ccccc4C3)nc3ccccn3c2=O)SC(=S)N1Cc1ccc(F)cc1. The number of amides is 1. The zero-order valence-electron chi connectivity index (χ0n) is 19.6. The number of carbonyl (C=O) groups excluding carboxylic acids is 1. The molecule has 2 aliphatic heterocycles. The maximum atomic E-state index is 13.7. The number of rotatable bonds is 4. The first kappa shape index (κ1) is 23.6. The summed E-state index contributed by atoms with van der Waals surface area (Å²) in [5.74, 6) is -0.0764. The fourth-order valence-corrected chi connectivity index (χ4v) is 5.91. The zero-order chi connectivity index (χ0) is 25.5. The van der Waals surface area contributed by atoms with Crippen molar-refractivity contribution in [2.75, 3.05) is 11.4 Å². The van der Waals surface area contributed by atoms with Crippen molar-refractivity contribution in [3.8, 4) is 0 Å². The molecule has 0 bridgehead atoms. The van der Waals surface area contributed by atoms with E-state index in [-0.39, 0.29) is 23.8 Å². The fourth-order valence-electron chi connectivity index (χ4n) is 4.67. The Morgan fingerprint density at radius 1 is 1.00 bits per heavy atom. The van der Waals surface area contributed by atoms with Gasteiger partial charge in [-0.1, -0.05) is 66.4 Å². The van der Waals surface area contributed by atoms with E-state index in [2.05, 4.69) is 17.0 Å². The predicted molar refractivity (Wildman–Crippen MR) is 148 cm³/mol. The van der Waals surface area contributed by atoms with Gasteiger partial charge in [-0.25, -0.2) is 9.37 Å². The van der Waals surface area contributed by atoms with Crippen LogP contribution >= 0.6 is 24.0 Å². The summed E-state index contributed by atoms with van der Waals surface area (Å²) in [5.41, 5.74) is 3.90. The molecule has 0 atom stereocenters. The van der Waals surface area contributed by atoms with Crippen molar-refractivity contribution < 1.29 is 9.18 Å². The molecule has 37 heavy (non-hydrogen) atoms. The van der Waals surface area contributed by atoms with Crippen LogP contribution in [0.2, 0.25) is 0 Å². The Kier molecular flexibility index (Phi) is 6.10. The number of benzene rings is 2. The monoisotopic (exact) mass is 528 g/mol. The Bertz CT molecular complexity index is 1650. The summed E-state index contributed by atoms with van der Waals surface area (Å²) in [7, 11) is 0. The maximum Gasteiger partial charge on any atom is 0.267 e. The van der Waals surface area contributed by atoms with Gasteiger partial charge in [-0.2, -0.15) is 0 Å². The molecule has 9 heteroatoms. The lowest BCUT2D eigenvalue weighted by Crippen LogP contribution is -2.34. The largest absolute Gasteiger partial charge is 0.351 e. The van der Waals surface area contributed by atoms with Crippen LogP contribution in [-0.2, 0) is 24.3 Å². The van der Waals surface area contributed by atoms with Crippen LogP contribution < -0.4 is 10.5 Å². The number of hydrogen-bond donors (Lipinski definition) is 0. The zero-order valence-corrected chi connectivity index (χ0v) is 21.3. The van der Waals surface area contributed by atoms with Crippen LogP contribution in [0.1, 0.15) is 22.3 Å². The molecule has 2 aromatic heterocycles. The molecule has 0 aliphatic carbocycles. The van der Waals surface area contributed by atoms with Gasteiger partial charge in [0.25, 0.3) is 11.5 Å². The van der Waals surface area contributed by atoms with Gasteiger partial charge in [-0.15, -0.1) is 0 Å². The van der Waals surface area contributed by atoms with Crippen LogP contribution in [0.25, 0.3) is 11.7 Å². The van der Waals surface area contributed by atoms with Crippen molar-refractivity contribution in [1.82, 2.24) is 14.3 Å². The number of anilines is 1. The second-order valence-corrected chi connectivity index (χ2v) is 10.6. The number of hydrogen-bond acceptors (Lipinski definition) is 6. The molecule has 6 nitrogen and oxygen atoms in total. The highest BCUT2D eigenvalue weighted by molar-refractivity contribution is 8.26. The van der Waals surface area contributed by atoms with Gasteiger partial charge >= 0.3 is 0 Å². The summed E-state index contributed by atoms with van der Waals surface area (Å²) in [6.07, 6.45) is 4.14. The smallest absolute Gasteiger partial charge is 0.267 e. The minimum Gasteiger partial charge on any atom is -0.351 e. The van der Waals surface area contributed by atoms with E-state index in [9.17, 15) is 14.0 Å². The molecule has 2 aromatic carbocycles. The quantitative estimate of drug-likeness (QED) is 0.280. The minimum absolute atomic E-state index is 0.229. The van der Waals surface area contributed by atoms with Gasteiger partial charge in [-0.05, 0) is 53.5 Å². The lowest BCUT2D eigenvalue weighted by atomic mass is 9.99. The Hall–Kier alpha value is -3.82. The molecule has 0 radical (unpaired) electrons. The lowest BCUT2D eigenvalue weighted by Gasteiger charge is -2.30. The van der Waals surface area contributed by atoms with Crippen molar-refractivity contribution in [1.29, 1.82) is 0 Å².